The molecular weight excluding hydrogens is 598 g/mol. The smallest absolute Gasteiger partial charge is 0.408 e. The summed E-state index contributed by atoms with van der Waals surface area (Å²) < 4.78 is 33.6. The van der Waals surface area contributed by atoms with Crippen molar-refractivity contribution in [2.75, 3.05) is 13.1 Å². The van der Waals surface area contributed by atoms with Gasteiger partial charge < -0.3 is 26.2 Å². The van der Waals surface area contributed by atoms with Crippen LogP contribution in [0.3, 0.4) is 0 Å². The standard InChI is InChI=1S/C32H41N5O7S/c1-23(2)16-18-37(45(42,43)26-14-7-4-8-15-26)21-29(38)27(19-24-11-5-3-6-12-24)35-31(40)28(20-30(33)39)36-32(41)44-22-25-13-9-10-17-34-25/h3-15,17,23,27-29,38H,16,18-22H2,1-2H3,(H2,33,39)(H,35,40)(H,36,41)/t27-,28-,29+/m0/s1. The number of ether oxygens (including phenoxy) is 1. The molecule has 45 heavy (non-hydrogen) atoms. The zero-order chi connectivity index (χ0) is 32.8. The molecule has 3 aromatic rings. The second kappa shape index (κ2) is 17.2. The summed E-state index contributed by atoms with van der Waals surface area (Å²) in [7, 11) is -3.98. The second-order valence-electron chi connectivity index (χ2n) is 11.0. The summed E-state index contributed by atoms with van der Waals surface area (Å²) in [6.45, 7) is 3.59. The zero-order valence-electron chi connectivity index (χ0n) is 25.4. The molecule has 242 valence electrons. The van der Waals surface area contributed by atoms with E-state index in [4.69, 9.17) is 10.5 Å². The highest BCUT2D eigenvalue weighted by molar-refractivity contribution is 7.89. The lowest BCUT2D eigenvalue weighted by atomic mass is 10.00. The summed E-state index contributed by atoms with van der Waals surface area (Å²) in [5.74, 6) is -1.47. The normalized spacial score (nSPS) is 13.5. The maximum absolute atomic E-state index is 13.6. The number of nitrogens with one attached hydrogen (secondary N) is 2. The Hall–Kier alpha value is -4.33. The Morgan fingerprint density at radius 1 is 0.956 bits per heavy atom. The molecule has 5 N–H and O–H groups in total. The minimum Gasteiger partial charge on any atom is -0.443 e. The number of pyridine rings is 1. The molecule has 0 aliphatic rings. The lowest BCUT2D eigenvalue weighted by molar-refractivity contribution is -0.128. The first-order valence-electron chi connectivity index (χ1n) is 14.6. The monoisotopic (exact) mass is 639 g/mol. The number of alkyl carbamates (subject to hydrolysis) is 1. The Kier molecular flexibility index (Phi) is 13.5. The minimum absolute atomic E-state index is 0.0829. The summed E-state index contributed by atoms with van der Waals surface area (Å²) >= 11 is 0. The molecule has 0 aliphatic carbocycles. The molecule has 1 aromatic heterocycles. The lowest BCUT2D eigenvalue weighted by Gasteiger charge is -2.31. The van der Waals surface area contributed by atoms with E-state index in [0.29, 0.717) is 12.1 Å². The SMILES string of the molecule is CC(C)CCN(C[C@@H](O)[C@H](Cc1ccccc1)NC(=O)[C@H](CC(N)=O)NC(=O)OCc1ccccn1)S(=O)(=O)c1ccccc1. The van der Waals surface area contributed by atoms with Gasteiger partial charge in [-0.15, -0.1) is 0 Å². The van der Waals surface area contributed by atoms with Crippen LogP contribution in [0.4, 0.5) is 4.79 Å². The predicted octanol–water partition coefficient (Wildman–Crippen LogP) is 2.38. The lowest BCUT2D eigenvalue weighted by Crippen LogP contribution is -2.56. The first-order valence-corrected chi connectivity index (χ1v) is 16.1. The van der Waals surface area contributed by atoms with E-state index in [9.17, 15) is 27.9 Å². The van der Waals surface area contributed by atoms with Gasteiger partial charge in [0.05, 0.1) is 29.2 Å². The number of nitrogens with two attached hydrogens (primary N) is 1. The number of carbonyl (C=O) groups excluding carboxylic acids is 3. The molecule has 2 aromatic carbocycles. The van der Waals surface area contributed by atoms with Crippen molar-refractivity contribution >= 4 is 27.9 Å². The molecule has 12 nitrogen and oxygen atoms in total. The topological polar surface area (TPSA) is 181 Å². The third-order valence-corrected chi connectivity index (χ3v) is 8.79. The van der Waals surface area contributed by atoms with Gasteiger partial charge in [-0.3, -0.25) is 14.6 Å². The number of nitrogens with zero attached hydrogens (tertiary/aromatic N) is 2. The Balaban J connectivity index is 1.82. The molecule has 0 bridgehead atoms. The van der Waals surface area contributed by atoms with E-state index in [0.717, 1.165) is 5.56 Å². The largest absolute Gasteiger partial charge is 0.443 e. The number of aliphatic hydroxyl groups is 1. The first kappa shape index (κ1) is 35.2. The number of aromatic nitrogens is 1. The Bertz CT molecular complexity index is 1480. The van der Waals surface area contributed by atoms with Crippen LogP contribution in [-0.2, 0) is 37.4 Å². The summed E-state index contributed by atoms with van der Waals surface area (Å²) in [5, 5.41) is 16.6. The van der Waals surface area contributed by atoms with E-state index >= 15 is 0 Å². The van der Waals surface area contributed by atoms with Crippen molar-refractivity contribution in [3.8, 4) is 0 Å². The summed E-state index contributed by atoms with van der Waals surface area (Å²) in [5.41, 5.74) is 6.60. The van der Waals surface area contributed by atoms with Crippen LogP contribution in [0.2, 0.25) is 0 Å². The van der Waals surface area contributed by atoms with Gasteiger partial charge in [-0.05, 0) is 48.6 Å². The van der Waals surface area contributed by atoms with E-state index in [-0.39, 0.29) is 36.9 Å². The van der Waals surface area contributed by atoms with Gasteiger partial charge in [0.1, 0.15) is 12.6 Å². The van der Waals surface area contributed by atoms with Gasteiger partial charge in [-0.25, -0.2) is 13.2 Å². The number of hydrogen-bond donors (Lipinski definition) is 4. The molecule has 0 spiro atoms. The van der Waals surface area contributed by atoms with E-state index in [1.54, 1.807) is 60.7 Å². The van der Waals surface area contributed by atoms with Crippen LogP contribution in [0.25, 0.3) is 0 Å². The van der Waals surface area contributed by atoms with Crippen molar-refractivity contribution in [1.82, 2.24) is 19.9 Å². The van der Waals surface area contributed by atoms with Crippen LogP contribution < -0.4 is 16.4 Å². The third kappa shape index (κ3) is 11.6. The fraction of sp³-hybridized carbons (Fsp3) is 0.375. The number of hydrogen-bond acceptors (Lipinski definition) is 8. The summed E-state index contributed by atoms with van der Waals surface area (Å²) in [4.78, 5) is 42.0. The van der Waals surface area contributed by atoms with Crippen molar-refractivity contribution in [2.24, 2.45) is 11.7 Å². The fourth-order valence-corrected chi connectivity index (χ4v) is 5.94. The molecule has 3 atom stereocenters. The predicted molar refractivity (Wildman–Crippen MR) is 168 cm³/mol. The van der Waals surface area contributed by atoms with Crippen molar-refractivity contribution < 1.29 is 32.6 Å². The number of carbonyl (C=O) groups is 3. The van der Waals surface area contributed by atoms with Gasteiger partial charge in [0.2, 0.25) is 21.8 Å². The van der Waals surface area contributed by atoms with Crippen molar-refractivity contribution in [1.29, 1.82) is 0 Å². The molecule has 0 radical (unpaired) electrons. The van der Waals surface area contributed by atoms with E-state index in [1.807, 2.05) is 19.9 Å². The van der Waals surface area contributed by atoms with Crippen molar-refractivity contribution in [3.05, 3.63) is 96.3 Å². The average molecular weight is 640 g/mol. The zero-order valence-corrected chi connectivity index (χ0v) is 26.2. The molecule has 3 amide bonds. The highest BCUT2D eigenvalue weighted by atomic mass is 32.2. The molecule has 1 heterocycles. The molecule has 0 unspecified atom stereocenters. The number of primary amides is 1. The van der Waals surface area contributed by atoms with Crippen LogP contribution in [0.1, 0.15) is 37.9 Å². The molecule has 0 fully saturated rings. The van der Waals surface area contributed by atoms with Crippen molar-refractivity contribution in [2.45, 2.75) is 62.8 Å². The first-order chi connectivity index (χ1) is 21.5. The summed E-state index contributed by atoms with van der Waals surface area (Å²) in [6, 6.07) is 19.6. The van der Waals surface area contributed by atoms with Gasteiger partial charge in [0.25, 0.3) is 0 Å². The van der Waals surface area contributed by atoms with E-state index in [2.05, 4.69) is 15.6 Å². The van der Waals surface area contributed by atoms with Gasteiger partial charge in [0, 0.05) is 19.3 Å². The third-order valence-electron chi connectivity index (χ3n) is 6.91. The highest BCUT2D eigenvalue weighted by Gasteiger charge is 2.33. The van der Waals surface area contributed by atoms with E-state index < -0.39 is 52.5 Å². The molecule has 0 aliphatic heterocycles. The van der Waals surface area contributed by atoms with Crippen LogP contribution in [0.5, 0.6) is 0 Å². The quantitative estimate of drug-likeness (QED) is 0.174. The number of sulfonamides is 1. The van der Waals surface area contributed by atoms with Crippen LogP contribution in [0.15, 0.2) is 90.0 Å². The number of benzene rings is 2. The Labute approximate surface area is 264 Å². The van der Waals surface area contributed by atoms with Crippen LogP contribution in [0, 0.1) is 5.92 Å². The Morgan fingerprint density at radius 3 is 2.20 bits per heavy atom. The van der Waals surface area contributed by atoms with Gasteiger partial charge in [-0.2, -0.15) is 4.31 Å². The second-order valence-corrected chi connectivity index (χ2v) is 12.9. The number of amides is 3. The van der Waals surface area contributed by atoms with Gasteiger partial charge in [0.15, 0.2) is 0 Å². The maximum Gasteiger partial charge on any atom is 0.408 e. The molecular formula is C32H41N5O7S. The van der Waals surface area contributed by atoms with Gasteiger partial charge >= 0.3 is 6.09 Å². The maximum atomic E-state index is 13.6. The summed E-state index contributed by atoms with van der Waals surface area (Å²) in [6.07, 6.45) is -0.680. The van der Waals surface area contributed by atoms with Crippen LogP contribution >= 0.6 is 0 Å². The number of rotatable bonds is 17. The highest BCUT2D eigenvalue weighted by Crippen LogP contribution is 2.19. The molecule has 3 rings (SSSR count). The van der Waals surface area contributed by atoms with E-state index in [1.165, 1.54) is 22.6 Å². The average Bonchev–Trinajstić information content (AvgIpc) is 3.02. The minimum atomic E-state index is -3.98. The molecule has 13 heteroatoms. The van der Waals surface area contributed by atoms with Gasteiger partial charge in [-0.1, -0.05) is 68.4 Å². The fourth-order valence-electron chi connectivity index (χ4n) is 4.44. The number of aliphatic hydroxyl groups excluding tert-OH is 1. The molecule has 0 saturated carbocycles. The van der Waals surface area contributed by atoms with Crippen molar-refractivity contribution in [3.63, 3.8) is 0 Å². The molecule has 0 saturated heterocycles. The Morgan fingerprint density at radius 2 is 1.60 bits per heavy atom. The van der Waals surface area contributed by atoms with Crippen LogP contribution in [-0.4, -0.2) is 72.0 Å².